The molecule has 15 heavy (non-hydrogen) atoms. The molecular weight excluding hydrogens is 216 g/mol. The second kappa shape index (κ2) is 6.53. The summed E-state index contributed by atoms with van der Waals surface area (Å²) in [7, 11) is 4.87. The second-order valence-electron chi connectivity index (χ2n) is 2.91. The quantitative estimate of drug-likeness (QED) is 0.702. The van der Waals surface area contributed by atoms with Gasteiger partial charge in [-0.15, -0.1) is 0 Å². The van der Waals surface area contributed by atoms with E-state index in [-0.39, 0.29) is 0 Å². The number of methoxy groups -OCH3 is 1. The number of halogens is 1. The summed E-state index contributed by atoms with van der Waals surface area (Å²) < 4.78 is 15.1. The molecule has 0 N–H and O–H groups in total. The lowest BCUT2D eigenvalue weighted by Gasteiger charge is -2.08. The SMILES string of the molecule is [CH2]OCCCOc1ccc(OC)cc1Cl. The lowest BCUT2D eigenvalue weighted by Crippen LogP contribution is -2.01. The highest BCUT2D eigenvalue weighted by molar-refractivity contribution is 6.32. The van der Waals surface area contributed by atoms with E-state index < -0.39 is 0 Å². The van der Waals surface area contributed by atoms with E-state index in [1.807, 2.05) is 0 Å². The predicted molar refractivity (Wildman–Crippen MR) is 59.4 cm³/mol. The van der Waals surface area contributed by atoms with Gasteiger partial charge in [0.1, 0.15) is 11.5 Å². The van der Waals surface area contributed by atoms with Crippen molar-refractivity contribution in [2.45, 2.75) is 6.42 Å². The van der Waals surface area contributed by atoms with Crippen molar-refractivity contribution in [2.24, 2.45) is 0 Å². The first-order chi connectivity index (χ1) is 7.27. The molecular formula is C11H14ClO3. The van der Waals surface area contributed by atoms with Gasteiger partial charge in [-0.2, -0.15) is 0 Å². The molecule has 4 heteroatoms. The number of rotatable bonds is 6. The third-order valence-electron chi connectivity index (χ3n) is 1.83. The van der Waals surface area contributed by atoms with Crippen molar-refractivity contribution in [1.82, 2.24) is 0 Å². The van der Waals surface area contributed by atoms with Gasteiger partial charge in [0.15, 0.2) is 0 Å². The van der Waals surface area contributed by atoms with Gasteiger partial charge in [0.05, 0.1) is 25.8 Å². The minimum Gasteiger partial charge on any atom is -0.497 e. The van der Waals surface area contributed by atoms with Gasteiger partial charge in [-0.3, -0.25) is 0 Å². The van der Waals surface area contributed by atoms with Crippen molar-refractivity contribution in [3.8, 4) is 11.5 Å². The molecule has 1 aromatic rings. The topological polar surface area (TPSA) is 27.7 Å². The van der Waals surface area contributed by atoms with Gasteiger partial charge in [-0.05, 0) is 12.1 Å². The molecule has 0 bridgehead atoms. The van der Waals surface area contributed by atoms with E-state index in [1.54, 1.807) is 25.3 Å². The molecule has 0 aliphatic rings. The summed E-state index contributed by atoms with van der Waals surface area (Å²) in [6.07, 6.45) is 0.784. The first-order valence-corrected chi connectivity index (χ1v) is 4.99. The van der Waals surface area contributed by atoms with Crippen LogP contribution < -0.4 is 9.47 Å². The molecule has 0 heterocycles. The third kappa shape index (κ3) is 3.98. The second-order valence-corrected chi connectivity index (χ2v) is 3.31. The van der Waals surface area contributed by atoms with E-state index in [0.29, 0.717) is 29.7 Å². The van der Waals surface area contributed by atoms with Crippen molar-refractivity contribution in [1.29, 1.82) is 0 Å². The Hall–Kier alpha value is -0.930. The van der Waals surface area contributed by atoms with Crippen LogP contribution in [0, 0.1) is 7.11 Å². The van der Waals surface area contributed by atoms with E-state index in [1.165, 1.54) is 0 Å². The molecule has 1 rings (SSSR count). The summed E-state index contributed by atoms with van der Waals surface area (Å²) >= 11 is 5.97. The van der Waals surface area contributed by atoms with Gasteiger partial charge in [0.2, 0.25) is 0 Å². The van der Waals surface area contributed by atoms with Crippen molar-refractivity contribution in [2.75, 3.05) is 20.3 Å². The Morgan fingerprint density at radius 1 is 1.33 bits per heavy atom. The van der Waals surface area contributed by atoms with Gasteiger partial charge in [0, 0.05) is 19.1 Å². The van der Waals surface area contributed by atoms with E-state index in [2.05, 4.69) is 11.8 Å². The minimum absolute atomic E-state index is 0.546. The molecule has 0 spiro atoms. The molecule has 1 radical (unpaired) electrons. The maximum atomic E-state index is 5.97. The summed E-state index contributed by atoms with van der Waals surface area (Å²) in [6.45, 7) is 1.13. The maximum Gasteiger partial charge on any atom is 0.138 e. The molecule has 3 nitrogen and oxygen atoms in total. The fraction of sp³-hybridized carbons (Fsp3) is 0.364. The van der Waals surface area contributed by atoms with E-state index in [0.717, 1.165) is 6.42 Å². The third-order valence-corrected chi connectivity index (χ3v) is 2.12. The molecule has 0 unspecified atom stereocenters. The zero-order valence-electron chi connectivity index (χ0n) is 8.66. The van der Waals surface area contributed by atoms with Crippen LogP contribution in [0.3, 0.4) is 0 Å². The molecule has 1 aromatic carbocycles. The summed E-state index contributed by atoms with van der Waals surface area (Å²) in [6, 6.07) is 5.31. The van der Waals surface area contributed by atoms with Crippen molar-refractivity contribution in [3.05, 3.63) is 30.3 Å². The standard InChI is InChI=1S/C11H14ClO3/c1-13-6-3-7-15-11-5-4-9(14-2)8-10(11)12/h4-5,8H,1,3,6-7H2,2H3. The Labute approximate surface area is 94.9 Å². The first kappa shape index (κ1) is 12.1. The number of hydrogen-bond acceptors (Lipinski definition) is 3. The summed E-state index contributed by atoms with van der Waals surface area (Å²) in [4.78, 5) is 0. The Balaban J connectivity index is 2.47. The summed E-state index contributed by atoms with van der Waals surface area (Å²) in [5.41, 5.74) is 0. The van der Waals surface area contributed by atoms with Crippen LogP contribution in [0.25, 0.3) is 0 Å². The number of ether oxygens (including phenoxy) is 3. The van der Waals surface area contributed by atoms with Crippen molar-refractivity contribution >= 4 is 11.6 Å². The van der Waals surface area contributed by atoms with Crippen LogP contribution in [0.4, 0.5) is 0 Å². The van der Waals surface area contributed by atoms with Gasteiger partial charge in [-0.25, -0.2) is 0 Å². The number of hydrogen-bond donors (Lipinski definition) is 0. The Kier molecular flexibility index (Phi) is 5.29. The average molecular weight is 230 g/mol. The molecule has 0 aliphatic heterocycles. The van der Waals surface area contributed by atoms with Crippen LogP contribution in [0.1, 0.15) is 6.42 Å². The highest BCUT2D eigenvalue weighted by atomic mass is 35.5. The van der Waals surface area contributed by atoms with E-state index in [4.69, 9.17) is 21.1 Å². The highest BCUT2D eigenvalue weighted by Gasteiger charge is 2.02. The smallest absolute Gasteiger partial charge is 0.138 e. The summed E-state index contributed by atoms with van der Waals surface area (Å²) in [5, 5.41) is 0.546. The van der Waals surface area contributed by atoms with Crippen LogP contribution in [0.2, 0.25) is 5.02 Å². The Morgan fingerprint density at radius 3 is 2.73 bits per heavy atom. The molecule has 0 atom stereocenters. The zero-order valence-corrected chi connectivity index (χ0v) is 9.42. The van der Waals surface area contributed by atoms with E-state index in [9.17, 15) is 0 Å². The van der Waals surface area contributed by atoms with Crippen molar-refractivity contribution < 1.29 is 14.2 Å². The minimum atomic E-state index is 0.546. The van der Waals surface area contributed by atoms with Crippen LogP contribution in [0.15, 0.2) is 18.2 Å². The molecule has 0 fully saturated rings. The monoisotopic (exact) mass is 229 g/mol. The van der Waals surface area contributed by atoms with Crippen LogP contribution in [-0.4, -0.2) is 20.3 Å². The largest absolute Gasteiger partial charge is 0.497 e. The Morgan fingerprint density at radius 2 is 2.13 bits per heavy atom. The van der Waals surface area contributed by atoms with Crippen molar-refractivity contribution in [3.63, 3.8) is 0 Å². The fourth-order valence-electron chi connectivity index (χ4n) is 1.07. The average Bonchev–Trinajstić information content (AvgIpc) is 2.26. The molecule has 0 aromatic heterocycles. The zero-order chi connectivity index (χ0) is 11.1. The molecule has 0 saturated heterocycles. The maximum absolute atomic E-state index is 5.97. The lowest BCUT2D eigenvalue weighted by molar-refractivity contribution is 0.203. The lowest BCUT2D eigenvalue weighted by atomic mass is 10.3. The highest BCUT2D eigenvalue weighted by Crippen LogP contribution is 2.28. The van der Waals surface area contributed by atoms with Crippen LogP contribution >= 0.6 is 11.6 Å². The van der Waals surface area contributed by atoms with Crippen LogP contribution in [0.5, 0.6) is 11.5 Å². The van der Waals surface area contributed by atoms with Gasteiger partial charge in [0.25, 0.3) is 0 Å². The van der Waals surface area contributed by atoms with Gasteiger partial charge in [-0.1, -0.05) is 11.6 Å². The molecule has 0 amide bonds. The molecule has 83 valence electrons. The fourth-order valence-corrected chi connectivity index (χ4v) is 1.29. The molecule has 0 saturated carbocycles. The Bertz CT molecular complexity index is 302. The van der Waals surface area contributed by atoms with Gasteiger partial charge >= 0.3 is 0 Å². The predicted octanol–water partition coefficient (Wildman–Crippen LogP) is 2.93. The normalized spacial score (nSPS) is 10.1. The number of benzene rings is 1. The van der Waals surface area contributed by atoms with Crippen LogP contribution in [-0.2, 0) is 4.74 Å². The van der Waals surface area contributed by atoms with Gasteiger partial charge < -0.3 is 14.2 Å². The first-order valence-electron chi connectivity index (χ1n) is 4.61. The van der Waals surface area contributed by atoms with E-state index >= 15 is 0 Å². The molecule has 0 aliphatic carbocycles. The summed E-state index contributed by atoms with van der Waals surface area (Å²) in [5.74, 6) is 1.37.